The molecule has 3 rings (SSSR count). The third-order valence-electron chi connectivity index (χ3n) is 4.53. The molecular formula is C15H24N4O. The number of carbonyl (C=O) groups excluding carboxylic acids is 1. The van der Waals surface area contributed by atoms with Crippen LogP contribution in [0, 0.1) is 5.92 Å². The van der Waals surface area contributed by atoms with E-state index in [9.17, 15) is 4.79 Å². The van der Waals surface area contributed by atoms with Crippen LogP contribution in [-0.2, 0) is 7.05 Å². The number of aromatic nitrogens is 2. The van der Waals surface area contributed by atoms with Gasteiger partial charge >= 0.3 is 0 Å². The molecule has 2 fully saturated rings. The van der Waals surface area contributed by atoms with E-state index in [1.165, 1.54) is 38.8 Å². The zero-order valence-corrected chi connectivity index (χ0v) is 12.2. The Labute approximate surface area is 120 Å². The Balaban J connectivity index is 1.50. The summed E-state index contributed by atoms with van der Waals surface area (Å²) >= 11 is 0. The first-order chi connectivity index (χ1) is 9.70. The lowest BCUT2D eigenvalue weighted by atomic mass is 9.84. The second-order valence-electron chi connectivity index (χ2n) is 6.24. The van der Waals surface area contributed by atoms with E-state index in [2.05, 4.69) is 15.3 Å². The highest BCUT2D eigenvalue weighted by Gasteiger charge is 2.26. The molecule has 5 nitrogen and oxygen atoms in total. The maximum absolute atomic E-state index is 12.1. The van der Waals surface area contributed by atoms with Gasteiger partial charge in [0.1, 0.15) is 5.69 Å². The van der Waals surface area contributed by atoms with Gasteiger partial charge in [0.05, 0.1) is 0 Å². The van der Waals surface area contributed by atoms with Crippen LogP contribution in [0.2, 0.25) is 0 Å². The molecule has 0 spiro atoms. The van der Waals surface area contributed by atoms with Crippen LogP contribution in [0.25, 0.3) is 0 Å². The molecule has 20 heavy (non-hydrogen) atoms. The minimum atomic E-state index is -0.0407. The summed E-state index contributed by atoms with van der Waals surface area (Å²) in [5.41, 5.74) is 0.517. The lowest BCUT2D eigenvalue weighted by Gasteiger charge is -2.37. The number of hydrogen-bond acceptors (Lipinski definition) is 3. The van der Waals surface area contributed by atoms with Crippen molar-refractivity contribution >= 4 is 5.91 Å². The van der Waals surface area contributed by atoms with Crippen molar-refractivity contribution in [3.05, 3.63) is 18.0 Å². The smallest absolute Gasteiger partial charge is 0.272 e. The van der Waals surface area contributed by atoms with Crippen molar-refractivity contribution < 1.29 is 4.79 Å². The molecular weight excluding hydrogens is 252 g/mol. The van der Waals surface area contributed by atoms with Gasteiger partial charge < -0.3 is 10.2 Å². The highest BCUT2D eigenvalue weighted by atomic mass is 16.2. The van der Waals surface area contributed by atoms with Gasteiger partial charge in [0.2, 0.25) is 0 Å². The number of nitrogens with zero attached hydrogens (tertiary/aromatic N) is 3. The summed E-state index contributed by atoms with van der Waals surface area (Å²) < 4.78 is 1.67. The molecule has 1 saturated heterocycles. The highest BCUT2D eigenvalue weighted by molar-refractivity contribution is 5.92. The normalized spacial score (nSPS) is 24.4. The van der Waals surface area contributed by atoms with E-state index < -0.39 is 0 Å². The first-order valence-electron chi connectivity index (χ1n) is 7.73. The molecule has 1 atom stereocenters. The van der Waals surface area contributed by atoms with Crippen LogP contribution in [0.3, 0.4) is 0 Å². The fourth-order valence-electron chi connectivity index (χ4n) is 3.18. The molecule has 1 saturated carbocycles. The third kappa shape index (κ3) is 3.20. The average molecular weight is 276 g/mol. The molecule has 110 valence electrons. The second-order valence-corrected chi connectivity index (χ2v) is 6.24. The van der Waals surface area contributed by atoms with Crippen molar-refractivity contribution in [1.29, 1.82) is 0 Å². The van der Waals surface area contributed by atoms with Gasteiger partial charge in [0, 0.05) is 32.4 Å². The number of nitrogens with one attached hydrogen (secondary N) is 1. The Morgan fingerprint density at radius 2 is 2.25 bits per heavy atom. The van der Waals surface area contributed by atoms with Crippen molar-refractivity contribution in [3.8, 4) is 0 Å². The second kappa shape index (κ2) is 5.95. The lowest BCUT2D eigenvalue weighted by Crippen LogP contribution is -2.49. The van der Waals surface area contributed by atoms with Gasteiger partial charge in [0.25, 0.3) is 5.91 Å². The molecule has 2 aliphatic rings. The molecule has 1 N–H and O–H groups in total. The fraction of sp³-hybridized carbons (Fsp3) is 0.733. The first kappa shape index (κ1) is 13.6. The van der Waals surface area contributed by atoms with E-state index in [0.717, 1.165) is 18.9 Å². The van der Waals surface area contributed by atoms with E-state index in [-0.39, 0.29) is 11.9 Å². The Kier molecular flexibility index (Phi) is 4.05. The van der Waals surface area contributed by atoms with E-state index in [1.54, 1.807) is 16.9 Å². The van der Waals surface area contributed by atoms with E-state index >= 15 is 0 Å². The molecule has 1 unspecified atom stereocenters. The van der Waals surface area contributed by atoms with E-state index in [1.807, 2.05) is 7.05 Å². The molecule has 1 amide bonds. The standard InChI is InChI=1S/C15H24N4O/c1-18-9-7-14(17-18)15(20)16-13-6-3-8-19(11-13)10-12-4-2-5-12/h7,9,12-13H,2-6,8,10-11H2,1H3,(H,16,20). The largest absolute Gasteiger partial charge is 0.347 e. The summed E-state index contributed by atoms with van der Waals surface area (Å²) in [7, 11) is 1.83. The molecule has 0 radical (unpaired) electrons. The number of carbonyl (C=O) groups is 1. The SMILES string of the molecule is Cn1ccc(C(=O)NC2CCCN(CC3CCC3)C2)n1. The summed E-state index contributed by atoms with van der Waals surface area (Å²) in [5.74, 6) is 0.862. The lowest BCUT2D eigenvalue weighted by molar-refractivity contribution is 0.0875. The van der Waals surface area contributed by atoms with Crippen LogP contribution < -0.4 is 5.32 Å². The van der Waals surface area contributed by atoms with Gasteiger partial charge in [-0.25, -0.2) is 0 Å². The van der Waals surface area contributed by atoms with Gasteiger partial charge in [-0.2, -0.15) is 5.10 Å². The number of hydrogen-bond donors (Lipinski definition) is 1. The van der Waals surface area contributed by atoms with E-state index in [0.29, 0.717) is 5.69 Å². The van der Waals surface area contributed by atoms with Gasteiger partial charge in [-0.1, -0.05) is 6.42 Å². The molecule has 1 aliphatic heterocycles. The summed E-state index contributed by atoms with van der Waals surface area (Å²) in [6.07, 6.45) is 8.25. The molecule has 5 heteroatoms. The number of piperidine rings is 1. The third-order valence-corrected chi connectivity index (χ3v) is 4.53. The summed E-state index contributed by atoms with van der Waals surface area (Å²) in [4.78, 5) is 14.6. The van der Waals surface area contributed by atoms with Gasteiger partial charge in [-0.05, 0) is 44.2 Å². The average Bonchev–Trinajstić information content (AvgIpc) is 2.81. The number of rotatable bonds is 4. The number of amides is 1. The Morgan fingerprint density at radius 1 is 1.40 bits per heavy atom. The number of aryl methyl sites for hydroxylation is 1. The Hall–Kier alpha value is -1.36. The fourth-order valence-corrected chi connectivity index (χ4v) is 3.18. The van der Waals surface area contributed by atoms with Gasteiger partial charge in [-0.3, -0.25) is 9.48 Å². The molecule has 1 aromatic heterocycles. The first-order valence-corrected chi connectivity index (χ1v) is 7.73. The molecule has 1 aromatic rings. The summed E-state index contributed by atoms with van der Waals surface area (Å²) in [6.45, 7) is 3.40. The Bertz CT molecular complexity index is 466. The maximum Gasteiger partial charge on any atom is 0.272 e. The molecule has 0 aromatic carbocycles. The van der Waals surface area contributed by atoms with Crippen LogP contribution in [0.5, 0.6) is 0 Å². The molecule has 0 bridgehead atoms. The van der Waals surface area contributed by atoms with Crippen LogP contribution in [-0.4, -0.2) is 46.3 Å². The van der Waals surface area contributed by atoms with Crippen molar-refractivity contribution in [2.45, 2.75) is 38.1 Å². The Morgan fingerprint density at radius 3 is 2.90 bits per heavy atom. The van der Waals surface area contributed by atoms with Gasteiger partial charge in [-0.15, -0.1) is 0 Å². The zero-order chi connectivity index (χ0) is 13.9. The minimum Gasteiger partial charge on any atom is -0.347 e. The van der Waals surface area contributed by atoms with Crippen LogP contribution in [0.1, 0.15) is 42.6 Å². The zero-order valence-electron chi connectivity index (χ0n) is 12.2. The summed E-state index contributed by atoms with van der Waals surface area (Å²) in [5, 5.41) is 7.29. The predicted molar refractivity (Wildman–Crippen MR) is 77.5 cm³/mol. The van der Waals surface area contributed by atoms with Crippen LogP contribution in [0.4, 0.5) is 0 Å². The van der Waals surface area contributed by atoms with Crippen LogP contribution in [0.15, 0.2) is 12.3 Å². The minimum absolute atomic E-state index is 0.0407. The number of likely N-dealkylation sites (tertiary alicyclic amines) is 1. The quantitative estimate of drug-likeness (QED) is 0.904. The molecule has 2 heterocycles. The van der Waals surface area contributed by atoms with E-state index in [4.69, 9.17) is 0 Å². The topological polar surface area (TPSA) is 50.2 Å². The predicted octanol–water partition coefficient (Wildman–Crippen LogP) is 1.41. The monoisotopic (exact) mass is 276 g/mol. The van der Waals surface area contributed by atoms with Crippen molar-refractivity contribution in [3.63, 3.8) is 0 Å². The van der Waals surface area contributed by atoms with Gasteiger partial charge in [0.15, 0.2) is 0 Å². The van der Waals surface area contributed by atoms with Crippen molar-refractivity contribution in [2.24, 2.45) is 13.0 Å². The van der Waals surface area contributed by atoms with Crippen molar-refractivity contribution in [1.82, 2.24) is 20.0 Å². The highest BCUT2D eigenvalue weighted by Crippen LogP contribution is 2.28. The van der Waals surface area contributed by atoms with Crippen LogP contribution >= 0.6 is 0 Å². The maximum atomic E-state index is 12.1. The molecule has 1 aliphatic carbocycles. The van der Waals surface area contributed by atoms with Crippen molar-refractivity contribution in [2.75, 3.05) is 19.6 Å². The summed E-state index contributed by atoms with van der Waals surface area (Å²) in [6, 6.07) is 2.04.